The molecule has 2 aromatic heterocycles. The smallest absolute Gasteiger partial charge is 0.225 e. The maximum absolute atomic E-state index is 15.7. The van der Waals surface area contributed by atoms with E-state index in [4.69, 9.17) is 4.74 Å². The van der Waals surface area contributed by atoms with E-state index < -0.39 is 11.6 Å². The Morgan fingerprint density at radius 1 is 1.06 bits per heavy atom. The lowest BCUT2D eigenvalue weighted by atomic mass is 9.97. The van der Waals surface area contributed by atoms with Crippen molar-refractivity contribution >= 4 is 5.95 Å². The Bertz CT molecular complexity index is 1270. The van der Waals surface area contributed by atoms with Gasteiger partial charge in [-0.2, -0.15) is 0 Å². The summed E-state index contributed by atoms with van der Waals surface area (Å²) in [6.45, 7) is 4.12. The Balaban J connectivity index is 1.30. The molecule has 1 fully saturated rings. The summed E-state index contributed by atoms with van der Waals surface area (Å²) in [5.41, 5.74) is 2.74. The number of rotatable bonds is 8. The highest BCUT2D eigenvalue weighted by atomic mass is 19.1. The van der Waals surface area contributed by atoms with Crippen molar-refractivity contribution in [3.05, 3.63) is 90.3 Å². The van der Waals surface area contributed by atoms with Gasteiger partial charge in [-0.15, -0.1) is 0 Å². The fraction of sp³-hybridized carbons (Fsp3) is 0.321. The van der Waals surface area contributed by atoms with E-state index in [2.05, 4.69) is 26.8 Å². The van der Waals surface area contributed by atoms with Crippen LogP contribution in [-0.4, -0.2) is 39.2 Å². The summed E-state index contributed by atoms with van der Waals surface area (Å²) in [5.74, 6) is -0.747. The minimum atomic E-state index is -0.692. The SMILES string of the molecule is CCc1cnc(N2CCC(COc3c(F)cc(-c4ccccc4)c(Cn4ccnc4)c3F)CC2)nc1. The van der Waals surface area contributed by atoms with Gasteiger partial charge in [-0.25, -0.2) is 23.7 Å². The average Bonchev–Trinajstić information content (AvgIpc) is 3.44. The predicted octanol–water partition coefficient (Wildman–Crippen LogP) is 5.52. The van der Waals surface area contributed by atoms with Gasteiger partial charge in [0.05, 0.1) is 19.5 Å². The minimum absolute atomic E-state index is 0.195. The molecule has 186 valence electrons. The number of benzene rings is 2. The van der Waals surface area contributed by atoms with Crippen LogP contribution in [-0.2, 0) is 13.0 Å². The van der Waals surface area contributed by atoms with Crippen molar-refractivity contribution in [2.24, 2.45) is 5.92 Å². The van der Waals surface area contributed by atoms with Gasteiger partial charge >= 0.3 is 0 Å². The highest BCUT2D eigenvalue weighted by Gasteiger charge is 2.25. The van der Waals surface area contributed by atoms with Gasteiger partial charge in [-0.3, -0.25) is 0 Å². The van der Waals surface area contributed by atoms with Crippen LogP contribution in [0, 0.1) is 17.6 Å². The summed E-state index contributed by atoms with van der Waals surface area (Å²) in [6.07, 6.45) is 11.3. The molecule has 0 saturated carbocycles. The maximum Gasteiger partial charge on any atom is 0.225 e. The largest absolute Gasteiger partial charge is 0.487 e. The molecular formula is C28H29F2N5O. The van der Waals surface area contributed by atoms with Crippen molar-refractivity contribution in [2.45, 2.75) is 32.7 Å². The first-order chi connectivity index (χ1) is 17.6. The molecule has 3 heterocycles. The Morgan fingerprint density at radius 3 is 2.47 bits per heavy atom. The Kier molecular flexibility index (Phi) is 7.21. The van der Waals surface area contributed by atoms with Crippen LogP contribution >= 0.6 is 0 Å². The zero-order chi connectivity index (χ0) is 24.9. The summed E-state index contributed by atoms with van der Waals surface area (Å²) < 4.78 is 38.5. The number of aromatic nitrogens is 4. The molecule has 0 aliphatic carbocycles. The second kappa shape index (κ2) is 10.8. The van der Waals surface area contributed by atoms with Crippen LogP contribution in [0.4, 0.5) is 14.7 Å². The summed E-state index contributed by atoms with van der Waals surface area (Å²) in [4.78, 5) is 15.1. The summed E-state index contributed by atoms with van der Waals surface area (Å²) in [7, 11) is 0. The van der Waals surface area contributed by atoms with Crippen molar-refractivity contribution in [1.29, 1.82) is 0 Å². The topological polar surface area (TPSA) is 56.1 Å². The predicted molar refractivity (Wildman–Crippen MR) is 135 cm³/mol. The first-order valence-electron chi connectivity index (χ1n) is 12.3. The molecular weight excluding hydrogens is 460 g/mol. The van der Waals surface area contributed by atoms with Gasteiger partial charge in [0.1, 0.15) is 0 Å². The lowest BCUT2D eigenvalue weighted by molar-refractivity contribution is 0.206. The van der Waals surface area contributed by atoms with Crippen LogP contribution in [0.15, 0.2) is 67.5 Å². The quantitative estimate of drug-likeness (QED) is 0.326. The van der Waals surface area contributed by atoms with Crippen LogP contribution < -0.4 is 9.64 Å². The van der Waals surface area contributed by atoms with Crippen LogP contribution in [0.2, 0.25) is 0 Å². The molecule has 5 rings (SSSR count). The fourth-order valence-electron chi connectivity index (χ4n) is 4.56. The molecule has 0 N–H and O–H groups in total. The van der Waals surface area contributed by atoms with Gasteiger partial charge in [0.2, 0.25) is 5.95 Å². The van der Waals surface area contributed by atoms with Crippen LogP contribution in [0.25, 0.3) is 11.1 Å². The summed E-state index contributed by atoms with van der Waals surface area (Å²) in [6, 6.07) is 10.7. The Morgan fingerprint density at radius 2 is 1.81 bits per heavy atom. The molecule has 6 nitrogen and oxygen atoms in total. The maximum atomic E-state index is 15.7. The zero-order valence-corrected chi connectivity index (χ0v) is 20.3. The number of piperidine rings is 1. The van der Waals surface area contributed by atoms with Crippen molar-refractivity contribution in [3.8, 4) is 16.9 Å². The molecule has 0 atom stereocenters. The Labute approximate surface area is 209 Å². The molecule has 4 aromatic rings. The summed E-state index contributed by atoms with van der Waals surface area (Å²) >= 11 is 0. The molecule has 0 spiro atoms. The van der Waals surface area contributed by atoms with E-state index in [1.165, 1.54) is 6.07 Å². The standard InChI is InChI=1S/C28H29F2N5O/c1-2-20-15-32-28(33-16-20)35-11-8-21(9-12-35)18-36-27-25(29)14-23(22-6-4-3-5-7-22)24(26(27)30)17-34-13-10-31-19-34/h3-7,10,13-16,19,21H,2,8-9,11-12,17-18H2,1H3. The second-order valence-corrected chi connectivity index (χ2v) is 9.11. The number of halogens is 2. The van der Waals surface area contributed by atoms with Gasteiger partial charge in [-0.1, -0.05) is 37.3 Å². The zero-order valence-electron chi connectivity index (χ0n) is 20.3. The van der Waals surface area contributed by atoms with Gasteiger partial charge in [-0.05, 0) is 47.9 Å². The molecule has 0 radical (unpaired) electrons. The second-order valence-electron chi connectivity index (χ2n) is 9.11. The van der Waals surface area contributed by atoms with Crippen molar-refractivity contribution in [2.75, 3.05) is 24.6 Å². The van der Waals surface area contributed by atoms with Gasteiger partial charge in [0.15, 0.2) is 17.4 Å². The third-order valence-electron chi connectivity index (χ3n) is 6.72. The number of hydrogen-bond donors (Lipinski definition) is 0. The van der Waals surface area contributed by atoms with Gasteiger partial charge in [0.25, 0.3) is 0 Å². The molecule has 36 heavy (non-hydrogen) atoms. The number of hydrogen-bond acceptors (Lipinski definition) is 5. The van der Waals surface area contributed by atoms with Crippen LogP contribution in [0.1, 0.15) is 30.9 Å². The normalized spacial score (nSPS) is 14.2. The van der Waals surface area contributed by atoms with Crippen molar-refractivity contribution in [1.82, 2.24) is 19.5 Å². The number of anilines is 1. The first-order valence-corrected chi connectivity index (χ1v) is 12.3. The molecule has 8 heteroatoms. The molecule has 0 amide bonds. The lowest BCUT2D eigenvalue weighted by Gasteiger charge is -2.32. The molecule has 2 aromatic carbocycles. The number of nitrogens with zero attached hydrogens (tertiary/aromatic N) is 5. The first kappa shape index (κ1) is 23.9. The fourth-order valence-corrected chi connectivity index (χ4v) is 4.56. The van der Waals surface area contributed by atoms with E-state index in [9.17, 15) is 0 Å². The van der Waals surface area contributed by atoms with E-state index in [0.717, 1.165) is 49.4 Å². The van der Waals surface area contributed by atoms with E-state index in [1.54, 1.807) is 23.3 Å². The number of ether oxygens (including phenoxy) is 1. The van der Waals surface area contributed by atoms with E-state index in [1.807, 2.05) is 42.7 Å². The third kappa shape index (κ3) is 5.22. The van der Waals surface area contributed by atoms with E-state index >= 15 is 8.78 Å². The van der Waals surface area contributed by atoms with Gasteiger partial charge in [0, 0.05) is 43.4 Å². The van der Waals surface area contributed by atoms with Crippen molar-refractivity contribution < 1.29 is 13.5 Å². The Hall–Kier alpha value is -3.81. The number of aryl methyl sites for hydroxylation is 1. The molecule has 1 aliphatic heterocycles. The minimum Gasteiger partial charge on any atom is -0.487 e. The number of imidazole rings is 1. The molecule has 1 aliphatic rings. The average molecular weight is 490 g/mol. The summed E-state index contributed by atoms with van der Waals surface area (Å²) in [5, 5.41) is 0. The van der Waals surface area contributed by atoms with Gasteiger partial charge < -0.3 is 14.2 Å². The molecule has 1 saturated heterocycles. The van der Waals surface area contributed by atoms with E-state index in [-0.39, 0.29) is 24.8 Å². The highest BCUT2D eigenvalue weighted by molar-refractivity contribution is 5.69. The van der Waals surface area contributed by atoms with E-state index in [0.29, 0.717) is 11.1 Å². The van der Waals surface area contributed by atoms with Crippen LogP contribution in [0.5, 0.6) is 5.75 Å². The highest BCUT2D eigenvalue weighted by Crippen LogP contribution is 2.35. The monoisotopic (exact) mass is 489 g/mol. The molecule has 0 unspecified atom stereocenters. The third-order valence-corrected chi connectivity index (χ3v) is 6.72. The lowest BCUT2D eigenvalue weighted by Crippen LogP contribution is -2.36. The molecule has 0 bridgehead atoms. The van der Waals surface area contributed by atoms with Crippen molar-refractivity contribution in [3.63, 3.8) is 0 Å². The van der Waals surface area contributed by atoms with Crippen LogP contribution in [0.3, 0.4) is 0 Å².